The molecule has 0 saturated heterocycles. The first kappa shape index (κ1) is 14.1. The van der Waals surface area contributed by atoms with Crippen LogP contribution in [0.5, 0.6) is 0 Å². The maximum Gasteiger partial charge on any atom is 0.0568 e. The highest BCUT2D eigenvalue weighted by Crippen LogP contribution is 2.36. The Morgan fingerprint density at radius 1 is 1.00 bits per heavy atom. The number of nitrogens with zero attached hydrogens (tertiary/aromatic N) is 3. The standard InChI is InChI=1S/C20H21N3/c1-22-13-18(15-6-4-3-5-7-15)11-17-10-16(8-9-20(17)22)19-12-21-23(2)14-19/h3-10,12,14,18H,11,13H2,1-2H3. The molecule has 1 aromatic heterocycles. The first-order chi connectivity index (χ1) is 11.2. The van der Waals surface area contributed by atoms with Crippen molar-refractivity contribution in [1.82, 2.24) is 9.78 Å². The van der Waals surface area contributed by atoms with Gasteiger partial charge in [-0.1, -0.05) is 36.4 Å². The first-order valence-corrected chi connectivity index (χ1v) is 8.09. The summed E-state index contributed by atoms with van der Waals surface area (Å²) in [6, 6.07) is 17.6. The molecule has 1 unspecified atom stereocenters. The van der Waals surface area contributed by atoms with Crippen molar-refractivity contribution in [2.45, 2.75) is 12.3 Å². The number of anilines is 1. The molecule has 0 fully saturated rings. The number of benzene rings is 2. The zero-order valence-electron chi connectivity index (χ0n) is 13.6. The second-order valence-electron chi connectivity index (χ2n) is 6.44. The van der Waals surface area contributed by atoms with Gasteiger partial charge in [0.2, 0.25) is 0 Å². The fraction of sp³-hybridized carbons (Fsp3) is 0.250. The average Bonchev–Trinajstić information content (AvgIpc) is 3.01. The maximum atomic E-state index is 4.29. The lowest BCUT2D eigenvalue weighted by molar-refractivity contribution is 0.639. The van der Waals surface area contributed by atoms with Crippen LogP contribution in [-0.4, -0.2) is 23.4 Å². The predicted molar refractivity (Wildman–Crippen MR) is 94.8 cm³/mol. The van der Waals surface area contributed by atoms with Gasteiger partial charge in [-0.05, 0) is 35.2 Å². The van der Waals surface area contributed by atoms with Crippen LogP contribution in [0.1, 0.15) is 17.0 Å². The number of hydrogen-bond donors (Lipinski definition) is 0. The largest absolute Gasteiger partial charge is 0.374 e. The predicted octanol–water partition coefficient (Wildman–Crippen LogP) is 3.86. The second-order valence-corrected chi connectivity index (χ2v) is 6.44. The lowest BCUT2D eigenvalue weighted by Gasteiger charge is -2.34. The minimum Gasteiger partial charge on any atom is -0.374 e. The number of hydrogen-bond acceptors (Lipinski definition) is 2. The van der Waals surface area contributed by atoms with Gasteiger partial charge in [-0.3, -0.25) is 4.68 Å². The van der Waals surface area contributed by atoms with Crippen LogP contribution >= 0.6 is 0 Å². The zero-order valence-corrected chi connectivity index (χ0v) is 13.6. The van der Waals surface area contributed by atoms with Crippen LogP contribution in [-0.2, 0) is 13.5 Å². The van der Waals surface area contributed by atoms with Crippen LogP contribution in [0.25, 0.3) is 11.1 Å². The highest BCUT2D eigenvalue weighted by atomic mass is 15.2. The van der Waals surface area contributed by atoms with E-state index in [0.29, 0.717) is 5.92 Å². The van der Waals surface area contributed by atoms with Gasteiger partial charge in [-0.2, -0.15) is 5.10 Å². The van der Waals surface area contributed by atoms with Crippen LogP contribution in [0.15, 0.2) is 60.9 Å². The van der Waals surface area contributed by atoms with E-state index in [1.54, 1.807) is 0 Å². The fourth-order valence-electron chi connectivity index (χ4n) is 3.58. The van der Waals surface area contributed by atoms with Gasteiger partial charge in [0, 0.05) is 44.0 Å². The quantitative estimate of drug-likeness (QED) is 0.717. The van der Waals surface area contributed by atoms with Gasteiger partial charge in [0.25, 0.3) is 0 Å². The van der Waals surface area contributed by atoms with E-state index in [9.17, 15) is 0 Å². The SMILES string of the molecule is CN1CC(c2ccccc2)Cc2cc(-c3cnn(C)c3)ccc21. The van der Waals surface area contributed by atoms with E-state index in [2.05, 4.69) is 71.8 Å². The molecule has 2 aromatic carbocycles. The summed E-state index contributed by atoms with van der Waals surface area (Å²) in [4.78, 5) is 2.38. The molecule has 3 heteroatoms. The van der Waals surface area contributed by atoms with Crippen molar-refractivity contribution < 1.29 is 0 Å². The highest BCUT2D eigenvalue weighted by molar-refractivity contribution is 5.69. The van der Waals surface area contributed by atoms with Crippen molar-refractivity contribution in [3.63, 3.8) is 0 Å². The van der Waals surface area contributed by atoms with Gasteiger partial charge in [0.05, 0.1) is 6.20 Å². The summed E-state index contributed by atoms with van der Waals surface area (Å²) in [5, 5.41) is 4.29. The van der Waals surface area contributed by atoms with Crippen molar-refractivity contribution in [2.75, 3.05) is 18.5 Å². The number of likely N-dealkylation sites (N-methyl/N-ethyl adjacent to an activating group) is 1. The molecule has 0 bridgehead atoms. The summed E-state index contributed by atoms with van der Waals surface area (Å²) in [5.74, 6) is 0.554. The first-order valence-electron chi connectivity index (χ1n) is 8.09. The molecular weight excluding hydrogens is 282 g/mol. The Kier molecular flexibility index (Phi) is 3.41. The summed E-state index contributed by atoms with van der Waals surface area (Å²) in [7, 11) is 4.15. The summed E-state index contributed by atoms with van der Waals surface area (Å²) >= 11 is 0. The lowest BCUT2D eigenvalue weighted by atomic mass is 9.86. The molecule has 0 amide bonds. The van der Waals surface area contributed by atoms with Gasteiger partial charge in [0.1, 0.15) is 0 Å². The number of aromatic nitrogens is 2. The van der Waals surface area contributed by atoms with E-state index in [4.69, 9.17) is 0 Å². The minimum atomic E-state index is 0.554. The molecule has 0 saturated carbocycles. The molecular formula is C20H21N3. The Morgan fingerprint density at radius 3 is 2.57 bits per heavy atom. The lowest BCUT2D eigenvalue weighted by Crippen LogP contribution is -2.30. The van der Waals surface area contributed by atoms with E-state index in [-0.39, 0.29) is 0 Å². The Morgan fingerprint density at radius 2 is 1.83 bits per heavy atom. The monoisotopic (exact) mass is 303 g/mol. The average molecular weight is 303 g/mol. The molecule has 0 spiro atoms. The summed E-state index contributed by atoms with van der Waals surface area (Å²) in [5.41, 5.74) is 6.63. The van der Waals surface area contributed by atoms with Gasteiger partial charge < -0.3 is 4.90 Å². The van der Waals surface area contributed by atoms with Crippen molar-refractivity contribution in [1.29, 1.82) is 0 Å². The summed E-state index contributed by atoms with van der Waals surface area (Å²) < 4.78 is 1.85. The Bertz CT molecular complexity index is 820. The zero-order chi connectivity index (χ0) is 15.8. The Hall–Kier alpha value is -2.55. The van der Waals surface area contributed by atoms with E-state index >= 15 is 0 Å². The molecule has 3 aromatic rings. The van der Waals surface area contributed by atoms with Crippen LogP contribution in [0.2, 0.25) is 0 Å². The van der Waals surface area contributed by atoms with Gasteiger partial charge >= 0.3 is 0 Å². The molecule has 0 N–H and O–H groups in total. The third kappa shape index (κ3) is 2.63. The molecule has 1 aliphatic heterocycles. The Balaban J connectivity index is 1.70. The van der Waals surface area contributed by atoms with Gasteiger partial charge in [-0.15, -0.1) is 0 Å². The number of rotatable bonds is 2. The van der Waals surface area contributed by atoms with E-state index in [0.717, 1.165) is 13.0 Å². The minimum absolute atomic E-state index is 0.554. The van der Waals surface area contributed by atoms with Crippen molar-refractivity contribution >= 4 is 5.69 Å². The molecule has 1 atom stereocenters. The van der Waals surface area contributed by atoms with E-state index < -0.39 is 0 Å². The van der Waals surface area contributed by atoms with Crippen LogP contribution < -0.4 is 4.90 Å². The van der Waals surface area contributed by atoms with Gasteiger partial charge in [0.15, 0.2) is 0 Å². The van der Waals surface area contributed by atoms with Crippen LogP contribution in [0.4, 0.5) is 5.69 Å². The second kappa shape index (κ2) is 5.58. The smallest absolute Gasteiger partial charge is 0.0568 e. The molecule has 4 rings (SSSR count). The maximum absolute atomic E-state index is 4.29. The normalized spacial score (nSPS) is 17.1. The molecule has 0 aliphatic carbocycles. The van der Waals surface area contributed by atoms with Crippen molar-refractivity contribution in [2.24, 2.45) is 7.05 Å². The molecule has 23 heavy (non-hydrogen) atoms. The summed E-state index contributed by atoms with van der Waals surface area (Å²) in [6.07, 6.45) is 5.10. The van der Waals surface area contributed by atoms with Crippen molar-refractivity contribution in [3.8, 4) is 11.1 Å². The Labute approximate surface area is 137 Å². The molecule has 2 heterocycles. The molecule has 1 aliphatic rings. The van der Waals surface area contributed by atoms with Crippen molar-refractivity contribution in [3.05, 3.63) is 72.1 Å². The van der Waals surface area contributed by atoms with Gasteiger partial charge in [-0.25, -0.2) is 0 Å². The molecule has 0 radical (unpaired) electrons. The van der Waals surface area contributed by atoms with E-state index in [1.807, 2.05) is 17.9 Å². The fourth-order valence-corrected chi connectivity index (χ4v) is 3.58. The van der Waals surface area contributed by atoms with Crippen LogP contribution in [0, 0.1) is 0 Å². The summed E-state index contributed by atoms with van der Waals surface area (Å²) in [6.45, 7) is 1.07. The molecule has 3 nitrogen and oxygen atoms in total. The van der Waals surface area contributed by atoms with Crippen LogP contribution in [0.3, 0.4) is 0 Å². The highest BCUT2D eigenvalue weighted by Gasteiger charge is 2.23. The number of aryl methyl sites for hydroxylation is 1. The number of fused-ring (bicyclic) bond motifs is 1. The topological polar surface area (TPSA) is 21.1 Å². The third-order valence-corrected chi connectivity index (χ3v) is 4.76. The van der Waals surface area contributed by atoms with E-state index in [1.165, 1.54) is 27.9 Å². The third-order valence-electron chi connectivity index (χ3n) is 4.76. The molecule has 116 valence electrons.